The molecule has 6 heteroatoms. The van der Waals surface area contributed by atoms with Gasteiger partial charge in [-0.05, 0) is 18.2 Å². The molecule has 1 aromatic heterocycles. The topological polar surface area (TPSA) is 49.9 Å². The van der Waals surface area contributed by atoms with Crippen molar-refractivity contribution < 1.29 is 13.5 Å². The van der Waals surface area contributed by atoms with Crippen LogP contribution < -0.4 is 10.1 Å². The third-order valence-corrected chi connectivity index (χ3v) is 3.15. The highest BCUT2D eigenvalue weighted by Crippen LogP contribution is 2.20. The Labute approximate surface area is 119 Å². The van der Waals surface area contributed by atoms with Gasteiger partial charge in [0.15, 0.2) is 0 Å². The standard InChI is InChI=1S/C15H13F2N3O/c1-21-11-4-5-13-14(7-11)20-15(19-13)18-8-9-2-3-10(16)6-12(9)17/h2-7H,8H2,1H3,(H2,18,19,20). The minimum atomic E-state index is -0.591. The minimum absolute atomic E-state index is 0.211. The molecule has 0 aliphatic rings. The lowest BCUT2D eigenvalue weighted by molar-refractivity contribution is 0.415. The molecule has 0 bridgehead atoms. The number of nitrogens with zero attached hydrogens (tertiary/aromatic N) is 1. The third-order valence-electron chi connectivity index (χ3n) is 3.15. The first-order valence-corrected chi connectivity index (χ1v) is 6.37. The lowest BCUT2D eigenvalue weighted by Gasteiger charge is -2.04. The number of ether oxygens (including phenoxy) is 1. The summed E-state index contributed by atoms with van der Waals surface area (Å²) < 4.78 is 31.5. The number of methoxy groups -OCH3 is 1. The fraction of sp³-hybridized carbons (Fsp3) is 0.133. The van der Waals surface area contributed by atoms with Crippen molar-refractivity contribution in [2.75, 3.05) is 12.4 Å². The number of benzene rings is 2. The zero-order chi connectivity index (χ0) is 14.8. The molecule has 0 saturated carbocycles. The van der Waals surface area contributed by atoms with E-state index in [9.17, 15) is 8.78 Å². The van der Waals surface area contributed by atoms with Crippen LogP contribution in [-0.2, 0) is 6.54 Å². The summed E-state index contributed by atoms with van der Waals surface area (Å²) in [6, 6.07) is 8.96. The quantitative estimate of drug-likeness (QED) is 0.773. The van der Waals surface area contributed by atoms with Gasteiger partial charge in [-0.15, -0.1) is 0 Å². The summed E-state index contributed by atoms with van der Waals surface area (Å²) in [6.07, 6.45) is 0. The van der Waals surface area contributed by atoms with E-state index in [2.05, 4.69) is 15.3 Å². The van der Waals surface area contributed by atoms with Crippen molar-refractivity contribution in [2.45, 2.75) is 6.54 Å². The predicted molar refractivity (Wildman–Crippen MR) is 76.3 cm³/mol. The average Bonchev–Trinajstić information content (AvgIpc) is 2.88. The molecule has 0 fully saturated rings. The number of aromatic amines is 1. The maximum absolute atomic E-state index is 13.5. The summed E-state index contributed by atoms with van der Waals surface area (Å²) in [5, 5.41) is 2.98. The summed E-state index contributed by atoms with van der Waals surface area (Å²) in [5.74, 6) is 0.0663. The molecule has 0 aliphatic carbocycles. The SMILES string of the molecule is COc1ccc2nc(NCc3ccc(F)cc3F)[nH]c2c1. The largest absolute Gasteiger partial charge is 0.497 e. The van der Waals surface area contributed by atoms with E-state index in [1.807, 2.05) is 18.2 Å². The molecule has 0 radical (unpaired) electrons. The second kappa shape index (κ2) is 5.40. The second-order valence-corrected chi connectivity index (χ2v) is 4.56. The second-order valence-electron chi connectivity index (χ2n) is 4.56. The van der Waals surface area contributed by atoms with Gasteiger partial charge in [0.05, 0.1) is 18.1 Å². The van der Waals surface area contributed by atoms with Crippen LogP contribution >= 0.6 is 0 Å². The van der Waals surface area contributed by atoms with Gasteiger partial charge in [-0.3, -0.25) is 0 Å². The van der Waals surface area contributed by atoms with Crippen LogP contribution in [-0.4, -0.2) is 17.1 Å². The first-order chi connectivity index (χ1) is 10.2. The highest BCUT2D eigenvalue weighted by atomic mass is 19.1. The van der Waals surface area contributed by atoms with E-state index in [0.29, 0.717) is 11.5 Å². The molecule has 4 nitrogen and oxygen atoms in total. The number of halogens is 2. The fourth-order valence-electron chi connectivity index (χ4n) is 2.04. The molecule has 0 spiro atoms. The maximum Gasteiger partial charge on any atom is 0.201 e. The lowest BCUT2D eigenvalue weighted by Crippen LogP contribution is -2.03. The van der Waals surface area contributed by atoms with Gasteiger partial charge in [-0.2, -0.15) is 0 Å². The molecular weight excluding hydrogens is 276 g/mol. The summed E-state index contributed by atoms with van der Waals surface area (Å²) >= 11 is 0. The molecule has 0 unspecified atom stereocenters. The number of anilines is 1. The molecule has 108 valence electrons. The molecule has 0 amide bonds. The van der Waals surface area contributed by atoms with Gasteiger partial charge in [0.1, 0.15) is 17.4 Å². The van der Waals surface area contributed by atoms with E-state index in [1.165, 1.54) is 12.1 Å². The third kappa shape index (κ3) is 2.79. The van der Waals surface area contributed by atoms with Crippen LogP contribution in [0.15, 0.2) is 36.4 Å². The van der Waals surface area contributed by atoms with E-state index in [-0.39, 0.29) is 6.54 Å². The smallest absolute Gasteiger partial charge is 0.201 e. The van der Waals surface area contributed by atoms with Crippen LogP contribution in [0, 0.1) is 11.6 Å². The molecule has 0 saturated heterocycles. The van der Waals surface area contributed by atoms with Gasteiger partial charge in [-0.25, -0.2) is 13.8 Å². The summed E-state index contributed by atoms with van der Waals surface area (Å²) in [6.45, 7) is 0.211. The highest BCUT2D eigenvalue weighted by molar-refractivity contribution is 5.79. The van der Waals surface area contributed by atoms with Crippen LogP contribution in [0.1, 0.15) is 5.56 Å². The summed E-state index contributed by atoms with van der Waals surface area (Å²) in [5.41, 5.74) is 1.96. The van der Waals surface area contributed by atoms with Crippen molar-refractivity contribution >= 4 is 17.0 Å². The fourth-order valence-corrected chi connectivity index (χ4v) is 2.04. The average molecular weight is 289 g/mol. The number of H-pyrrole nitrogens is 1. The van der Waals surface area contributed by atoms with E-state index < -0.39 is 11.6 Å². The van der Waals surface area contributed by atoms with Gasteiger partial charge in [0.25, 0.3) is 0 Å². The number of nitrogens with one attached hydrogen (secondary N) is 2. The van der Waals surface area contributed by atoms with Crippen molar-refractivity contribution in [3.8, 4) is 5.75 Å². The highest BCUT2D eigenvalue weighted by Gasteiger charge is 2.06. The van der Waals surface area contributed by atoms with Gasteiger partial charge >= 0.3 is 0 Å². The number of hydrogen-bond acceptors (Lipinski definition) is 3. The van der Waals surface area contributed by atoms with E-state index in [0.717, 1.165) is 22.8 Å². The first-order valence-electron chi connectivity index (χ1n) is 6.37. The van der Waals surface area contributed by atoms with Crippen LogP contribution in [0.4, 0.5) is 14.7 Å². The Morgan fingerprint density at radius 3 is 2.81 bits per heavy atom. The monoisotopic (exact) mass is 289 g/mol. The molecule has 0 atom stereocenters. The van der Waals surface area contributed by atoms with Crippen molar-refractivity contribution in [1.29, 1.82) is 0 Å². The van der Waals surface area contributed by atoms with Crippen molar-refractivity contribution in [3.63, 3.8) is 0 Å². The molecule has 3 aromatic rings. The molecule has 2 aromatic carbocycles. The lowest BCUT2D eigenvalue weighted by atomic mass is 10.2. The Bertz CT molecular complexity index is 786. The number of rotatable bonds is 4. The molecule has 3 rings (SSSR count). The molecule has 21 heavy (non-hydrogen) atoms. The van der Waals surface area contributed by atoms with Crippen molar-refractivity contribution in [2.24, 2.45) is 0 Å². The Hall–Kier alpha value is -2.63. The number of fused-ring (bicyclic) bond motifs is 1. The normalized spacial score (nSPS) is 10.8. The molecule has 1 heterocycles. The van der Waals surface area contributed by atoms with Gasteiger partial charge in [-0.1, -0.05) is 6.07 Å². The Morgan fingerprint density at radius 2 is 2.05 bits per heavy atom. The van der Waals surface area contributed by atoms with E-state index in [1.54, 1.807) is 7.11 Å². The zero-order valence-corrected chi connectivity index (χ0v) is 11.3. The number of imidazole rings is 1. The van der Waals surface area contributed by atoms with Crippen molar-refractivity contribution in [1.82, 2.24) is 9.97 Å². The van der Waals surface area contributed by atoms with Gasteiger partial charge in [0.2, 0.25) is 5.95 Å². The summed E-state index contributed by atoms with van der Waals surface area (Å²) in [4.78, 5) is 7.40. The minimum Gasteiger partial charge on any atom is -0.497 e. The molecule has 2 N–H and O–H groups in total. The molecule has 0 aliphatic heterocycles. The Morgan fingerprint density at radius 1 is 1.19 bits per heavy atom. The van der Waals surface area contributed by atoms with Crippen LogP contribution in [0.5, 0.6) is 5.75 Å². The van der Waals surface area contributed by atoms with Crippen LogP contribution in [0.25, 0.3) is 11.0 Å². The van der Waals surface area contributed by atoms with Crippen molar-refractivity contribution in [3.05, 3.63) is 53.6 Å². The van der Waals surface area contributed by atoms with Gasteiger partial charge in [0, 0.05) is 24.2 Å². The predicted octanol–water partition coefficient (Wildman–Crippen LogP) is 3.46. The molecular formula is C15H13F2N3O. The van der Waals surface area contributed by atoms with E-state index >= 15 is 0 Å². The summed E-state index contributed by atoms with van der Waals surface area (Å²) in [7, 11) is 1.59. The first kappa shape index (κ1) is 13.4. The Kier molecular flexibility index (Phi) is 3.43. The maximum atomic E-state index is 13.5. The van der Waals surface area contributed by atoms with Gasteiger partial charge < -0.3 is 15.0 Å². The van der Waals surface area contributed by atoms with E-state index in [4.69, 9.17) is 4.74 Å². The zero-order valence-electron chi connectivity index (χ0n) is 11.3. The Balaban J connectivity index is 1.78. The van der Waals surface area contributed by atoms with Crippen LogP contribution in [0.3, 0.4) is 0 Å². The van der Waals surface area contributed by atoms with Crippen LogP contribution in [0.2, 0.25) is 0 Å². The number of aromatic nitrogens is 2. The number of hydrogen-bond donors (Lipinski definition) is 2.